The fourth-order valence-corrected chi connectivity index (χ4v) is 2.65. The van der Waals surface area contributed by atoms with Crippen LogP contribution in [0.4, 0.5) is 11.4 Å². The number of aryl methyl sites for hydroxylation is 1. The van der Waals surface area contributed by atoms with E-state index in [1.54, 1.807) is 42.1 Å². The number of pyridine rings is 1. The molecule has 2 aromatic heterocycles. The van der Waals surface area contributed by atoms with E-state index >= 15 is 0 Å². The van der Waals surface area contributed by atoms with Crippen LogP contribution in [-0.2, 0) is 23.2 Å². The average Bonchev–Trinajstić information content (AvgIpc) is 2.93. The molecule has 128 valence electrons. The highest BCUT2D eigenvalue weighted by atomic mass is 16.2. The van der Waals surface area contributed by atoms with Crippen LogP contribution in [0.5, 0.6) is 0 Å². The van der Waals surface area contributed by atoms with Gasteiger partial charge in [0.05, 0.1) is 0 Å². The van der Waals surface area contributed by atoms with E-state index in [1.807, 2.05) is 18.3 Å². The molecule has 0 saturated heterocycles. The minimum atomic E-state index is -0.303. The fourth-order valence-electron chi connectivity index (χ4n) is 2.65. The van der Waals surface area contributed by atoms with E-state index in [2.05, 4.69) is 10.6 Å². The third-order valence-corrected chi connectivity index (χ3v) is 3.80. The summed E-state index contributed by atoms with van der Waals surface area (Å²) in [6, 6.07) is 10.4. The SMILES string of the molecule is CC(=O)Nc1ccc(NC(=O)Cn2ccc3ccn(C)c3c2=O)cc1. The van der Waals surface area contributed by atoms with Gasteiger partial charge in [0.1, 0.15) is 12.1 Å². The fraction of sp³-hybridized carbons (Fsp3) is 0.167. The lowest BCUT2D eigenvalue weighted by atomic mass is 10.2. The molecule has 7 heteroatoms. The zero-order chi connectivity index (χ0) is 18.0. The number of fused-ring (bicyclic) bond motifs is 1. The van der Waals surface area contributed by atoms with Crippen LogP contribution in [0.25, 0.3) is 10.9 Å². The van der Waals surface area contributed by atoms with Crippen molar-refractivity contribution in [1.82, 2.24) is 9.13 Å². The van der Waals surface area contributed by atoms with Crippen molar-refractivity contribution in [3.63, 3.8) is 0 Å². The molecule has 0 aliphatic rings. The number of nitrogens with zero attached hydrogens (tertiary/aromatic N) is 2. The molecule has 0 atom stereocenters. The lowest BCUT2D eigenvalue weighted by Gasteiger charge is -2.09. The van der Waals surface area contributed by atoms with E-state index in [4.69, 9.17) is 0 Å². The van der Waals surface area contributed by atoms with Gasteiger partial charge in [-0.1, -0.05) is 0 Å². The molecule has 0 bridgehead atoms. The van der Waals surface area contributed by atoms with Crippen molar-refractivity contribution in [3.05, 3.63) is 59.1 Å². The number of benzene rings is 1. The number of nitrogens with one attached hydrogen (secondary N) is 2. The Balaban J connectivity index is 1.72. The number of hydrogen-bond donors (Lipinski definition) is 2. The van der Waals surface area contributed by atoms with Gasteiger partial charge >= 0.3 is 0 Å². The molecule has 7 nitrogen and oxygen atoms in total. The van der Waals surface area contributed by atoms with E-state index in [-0.39, 0.29) is 23.9 Å². The number of rotatable bonds is 4. The largest absolute Gasteiger partial charge is 0.346 e. The maximum atomic E-state index is 12.5. The molecule has 0 saturated carbocycles. The molecule has 0 aliphatic carbocycles. The average molecular weight is 338 g/mol. The first-order valence-corrected chi connectivity index (χ1v) is 7.76. The second-order valence-electron chi connectivity index (χ2n) is 5.79. The van der Waals surface area contributed by atoms with Gasteiger partial charge in [-0.05, 0) is 36.4 Å². The summed E-state index contributed by atoms with van der Waals surface area (Å²) in [7, 11) is 1.80. The Morgan fingerprint density at radius 3 is 2.20 bits per heavy atom. The molecule has 0 spiro atoms. The van der Waals surface area contributed by atoms with Gasteiger partial charge in [-0.3, -0.25) is 14.4 Å². The quantitative estimate of drug-likeness (QED) is 0.762. The number of hydrogen-bond acceptors (Lipinski definition) is 3. The van der Waals surface area contributed by atoms with Crippen LogP contribution in [0.1, 0.15) is 6.92 Å². The van der Waals surface area contributed by atoms with Gasteiger partial charge < -0.3 is 19.8 Å². The summed E-state index contributed by atoms with van der Waals surface area (Å²) in [5.41, 5.74) is 1.60. The zero-order valence-corrected chi connectivity index (χ0v) is 13.9. The lowest BCUT2D eigenvalue weighted by Crippen LogP contribution is -2.27. The molecule has 3 rings (SSSR count). The van der Waals surface area contributed by atoms with Crippen LogP contribution < -0.4 is 16.2 Å². The van der Waals surface area contributed by atoms with Gasteiger partial charge in [-0.25, -0.2) is 0 Å². The predicted molar refractivity (Wildman–Crippen MR) is 96.6 cm³/mol. The smallest absolute Gasteiger partial charge is 0.275 e. The van der Waals surface area contributed by atoms with Crippen molar-refractivity contribution in [2.24, 2.45) is 7.05 Å². The van der Waals surface area contributed by atoms with E-state index in [1.165, 1.54) is 11.5 Å². The molecule has 2 N–H and O–H groups in total. The first kappa shape index (κ1) is 16.5. The number of carbonyl (C=O) groups is 2. The van der Waals surface area contributed by atoms with Crippen LogP contribution in [0.3, 0.4) is 0 Å². The van der Waals surface area contributed by atoms with E-state index < -0.39 is 0 Å². The van der Waals surface area contributed by atoms with Gasteiger partial charge in [0.2, 0.25) is 11.8 Å². The Morgan fingerprint density at radius 2 is 1.56 bits per heavy atom. The minimum absolute atomic E-state index is 0.0760. The third-order valence-electron chi connectivity index (χ3n) is 3.80. The number of anilines is 2. The van der Waals surface area contributed by atoms with Crippen LogP contribution >= 0.6 is 0 Å². The highest BCUT2D eigenvalue weighted by molar-refractivity contribution is 5.92. The second-order valence-corrected chi connectivity index (χ2v) is 5.79. The number of carbonyl (C=O) groups excluding carboxylic acids is 2. The van der Waals surface area contributed by atoms with Crippen molar-refractivity contribution >= 4 is 34.1 Å². The first-order chi connectivity index (χ1) is 11.9. The van der Waals surface area contributed by atoms with Crippen LogP contribution in [-0.4, -0.2) is 20.9 Å². The van der Waals surface area contributed by atoms with Crippen LogP contribution in [0, 0.1) is 0 Å². The van der Waals surface area contributed by atoms with Gasteiger partial charge in [0, 0.05) is 43.1 Å². The Bertz CT molecular complexity index is 999. The summed E-state index contributed by atoms with van der Waals surface area (Å²) < 4.78 is 3.12. The van der Waals surface area contributed by atoms with Crippen molar-refractivity contribution in [1.29, 1.82) is 0 Å². The maximum Gasteiger partial charge on any atom is 0.275 e. The number of amides is 2. The van der Waals surface area contributed by atoms with Crippen molar-refractivity contribution < 1.29 is 9.59 Å². The summed E-state index contributed by atoms with van der Waals surface area (Å²) in [4.78, 5) is 35.7. The summed E-state index contributed by atoms with van der Waals surface area (Å²) in [6.45, 7) is 1.35. The van der Waals surface area contributed by atoms with E-state index in [0.717, 1.165) is 5.39 Å². The summed E-state index contributed by atoms with van der Waals surface area (Å²) in [6.07, 6.45) is 3.43. The monoisotopic (exact) mass is 338 g/mol. The Labute approximate surface area is 143 Å². The molecule has 25 heavy (non-hydrogen) atoms. The van der Waals surface area contributed by atoms with Gasteiger partial charge in [0.15, 0.2) is 0 Å². The topological polar surface area (TPSA) is 85.1 Å². The molecular formula is C18H18N4O3. The normalized spacial score (nSPS) is 10.6. The van der Waals surface area contributed by atoms with Crippen molar-refractivity contribution in [2.75, 3.05) is 10.6 Å². The number of aromatic nitrogens is 2. The van der Waals surface area contributed by atoms with E-state index in [0.29, 0.717) is 16.9 Å². The second kappa shape index (κ2) is 6.64. The lowest BCUT2D eigenvalue weighted by molar-refractivity contribution is -0.117. The summed E-state index contributed by atoms with van der Waals surface area (Å²) in [5.74, 6) is -0.463. The third kappa shape index (κ3) is 3.60. The Kier molecular flexibility index (Phi) is 4.38. The molecule has 2 amide bonds. The van der Waals surface area contributed by atoms with Crippen LogP contribution in [0.2, 0.25) is 0 Å². The molecular weight excluding hydrogens is 320 g/mol. The summed E-state index contributed by atoms with van der Waals surface area (Å²) >= 11 is 0. The first-order valence-electron chi connectivity index (χ1n) is 7.76. The van der Waals surface area contributed by atoms with Gasteiger partial charge in [-0.15, -0.1) is 0 Å². The van der Waals surface area contributed by atoms with Gasteiger partial charge in [-0.2, -0.15) is 0 Å². The Morgan fingerprint density at radius 1 is 0.960 bits per heavy atom. The molecule has 3 aromatic rings. The van der Waals surface area contributed by atoms with Crippen molar-refractivity contribution in [2.45, 2.75) is 13.5 Å². The van der Waals surface area contributed by atoms with Crippen molar-refractivity contribution in [3.8, 4) is 0 Å². The zero-order valence-electron chi connectivity index (χ0n) is 13.9. The standard InChI is InChI=1S/C18H18N4O3/c1-12(23)19-14-3-5-15(6-4-14)20-16(24)11-22-10-8-13-7-9-21(2)17(13)18(22)25/h3-10H,11H2,1-2H3,(H,19,23)(H,20,24). The Hall–Kier alpha value is -3.35. The van der Waals surface area contributed by atoms with E-state index in [9.17, 15) is 14.4 Å². The molecule has 2 heterocycles. The highest BCUT2D eigenvalue weighted by Crippen LogP contribution is 2.14. The predicted octanol–water partition coefficient (Wildman–Crippen LogP) is 1.94. The molecule has 0 radical (unpaired) electrons. The molecule has 1 aromatic carbocycles. The minimum Gasteiger partial charge on any atom is -0.346 e. The highest BCUT2D eigenvalue weighted by Gasteiger charge is 2.09. The summed E-state index contributed by atoms with van der Waals surface area (Å²) in [5, 5.41) is 6.23. The molecule has 0 aliphatic heterocycles. The molecule has 0 fully saturated rings. The van der Waals surface area contributed by atoms with Crippen LogP contribution in [0.15, 0.2) is 53.6 Å². The van der Waals surface area contributed by atoms with Gasteiger partial charge in [0.25, 0.3) is 5.56 Å². The molecule has 0 unspecified atom stereocenters. The maximum absolute atomic E-state index is 12.5.